The second kappa shape index (κ2) is 13.2. The molecule has 1 N–H and O–H groups in total. The average Bonchev–Trinajstić information content (AvgIpc) is 3.67. The number of rotatable bonds is 8. The van der Waals surface area contributed by atoms with Gasteiger partial charge in [-0.25, -0.2) is 18.7 Å². The molecule has 51 heavy (non-hydrogen) atoms. The van der Waals surface area contributed by atoms with E-state index in [-0.39, 0.29) is 5.56 Å². The van der Waals surface area contributed by atoms with E-state index in [0.717, 1.165) is 27.8 Å². The summed E-state index contributed by atoms with van der Waals surface area (Å²) in [7, 11) is 0. The van der Waals surface area contributed by atoms with Gasteiger partial charge in [-0.1, -0.05) is 103 Å². The SMILES string of the molecule is O=C(Nc1ccc(F)cc1)c1ccc(-c2ncnc3ccc(-c4cnn(C(c5ccccc5)(c5ccccc5)c5ccccc5)c4)cc23)cc1F. The first kappa shape index (κ1) is 31.5. The fourth-order valence-corrected chi connectivity index (χ4v) is 6.63. The van der Waals surface area contributed by atoms with E-state index >= 15 is 4.39 Å². The van der Waals surface area contributed by atoms with Gasteiger partial charge in [0, 0.05) is 28.4 Å². The molecule has 2 heterocycles. The van der Waals surface area contributed by atoms with E-state index in [2.05, 4.69) is 51.7 Å². The Morgan fingerprint density at radius 1 is 0.627 bits per heavy atom. The van der Waals surface area contributed by atoms with Crippen LogP contribution in [0, 0.1) is 11.6 Å². The van der Waals surface area contributed by atoms with Gasteiger partial charge in [0.25, 0.3) is 5.91 Å². The summed E-state index contributed by atoms with van der Waals surface area (Å²) in [5.41, 5.74) is 6.06. The third kappa shape index (κ3) is 5.82. The fourth-order valence-electron chi connectivity index (χ4n) is 6.63. The molecule has 0 fully saturated rings. The predicted octanol–water partition coefficient (Wildman–Crippen LogP) is 9.53. The van der Waals surface area contributed by atoms with Gasteiger partial charge in [0.15, 0.2) is 0 Å². The maximum absolute atomic E-state index is 15.5. The Morgan fingerprint density at radius 3 is 1.84 bits per heavy atom. The van der Waals surface area contributed by atoms with Crippen molar-refractivity contribution >= 4 is 22.5 Å². The number of benzene rings is 6. The van der Waals surface area contributed by atoms with Gasteiger partial charge >= 0.3 is 0 Å². The predicted molar refractivity (Wildman–Crippen MR) is 195 cm³/mol. The summed E-state index contributed by atoms with van der Waals surface area (Å²) >= 11 is 0. The molecule has 0 saturated heterocycles. The first-order valence-electron chi connectivity index (χ1n) is 16.3. The number of nitrogens with zero attached hydrogens (tertiary/aromatic N) is 4. The smallest absolute Gasteiger partial charge is 0.258 e. The van der Waals surface area contributed by atoms with Crippen LogP contribution in [0.3, 0.4) is 0 Å². The lowest BCUT2D eigenvalue weighted by Gasteiger charge is -2.36. The molecule has 0 unspecified atom stereocenters. The van der Waals surface area contributed by atoms with E-state index in [4.69, 9.17) is 5.10 Å². The van der Waals surface area contributed by atoms with Crippen molar-refractivity contribution in [2.75, 3.05) is 5.32 Å². The van der Waals surface area contributed by atoms with E-state index < -0.39 is 23.1 Å². The van der Waals surface area contributed by atoms with E-state index in [1.54, 1.807) is 6.07 Å². The van der Waals surface area contributed by atoms with Gasteiger partial charge in [-0.2, -0.15) is 5.10 Å². The highest BCUT2D eigenvalue weighted by Crippen LogP contribution is 2.41. The topological polar surface area (TPSA) is 72.7 Å². The van der Waals surface area contributed by atoms with Crippen LogP contribution in [-0.2, 0) is 5.54 Å². The van der Waals surface area contributed by atoms with Crippen molar-refractivity contribution in [3.05, 3.63) is 204 Å². The number of halogens is 2. The molecule has 8 heteroatoms. The first-order chi connectivity index (χ1) is 25.0. The molecule has 0 spiro atoms. The lowest BCUT2D eigenvalue weighted by molar-refractivity contribution is 0.102. The average molecular weight is 670 g/mol. The van der Waals surface area contributed by atoms with Crippen molar-refractivity contribution in [3.8, 4) is 22.4 Å². The van der Waals surface area contributed by atoms with Crippen molar-refractivity contribution in [2.24, 2.45) is 0 Å². The van der Waals surface area contributed by atoms with Gasteiger partial charge in [-0.15, -0.1) is 0 Å². The largest absolute Gasteiger partial charge is 0.322 e. The number of amides is 1. The molecule has 0 bridgehead atoms. The Morgan fingerprint density at radius 2 is 1.24 bits per heavy atom. The highest BCUT2D eigenvalue weighted by molar-refractivity contribution is 6.05. The van der Waals surface area contributed by atoms with Gasteiger partial charge in [-0.05, 0) is 70.8 Å². The van der Waals surface area contributed by atoms with Crippen molar-refractivity contribution in [1.82, 2.24) is 19.7 Å². The maximum atomic E-state index is 15.5. The normalized spacial score (nSPS) is 11.4. The van der Waals surface area contributed by atoms with Crippen LogP contribution < -0.4 is 5.32 Å². The number of nitrogens with one attached hydrogen (secondary N) is 1. The molecule has 6 aromatic carbocycles. The van der Waals surface area contributed by atoms with E-state index in [9.17, 15) is 9.18 Å². The summed E-state index contributed by atoms with van der Waals surface area (Å²) in [6, 6.07) is 46.5. The minimum absolute atomic E-state index is 0.145. The van der Waals surface area contributed by atoms with Gasteiger partial charge < -0.3 is 5.32 Å². The molecule has 6 nitrogen and oxygen atoms in total. The maximum Gasteiger partial charge on any atom is 0.258 e. The van der Waals surface area contributed by atoms with Crippen LogP contribution >= 0.6 is 0 Å². The van der Waals surface area contributed by atoms with Crippen LogP contribution in [0.1, 0.15) is 27.0 Å². The van der Waals surface area contributed by atoms with Crippen LogP contribution in [0.4, 0.5) is 14.5 Å². The second-order valence-corrected chi connectivity index (χ2v) is 12.1. The Hall–Kier alpha value is -6.80. The molecule has 0 atom stereocenters. The minimum atomic E-state index is -0.768. The summed E-state index contributed by atoms with van der Waals surface area (Å²) in [4.78, 5) is 21.9. The molecule has 8 aromatic rings. The number of anilines is 1. The molecule has 8 rings (SSSR count). The molecular weight excluding hydrogens is 641 g/mol. The van der Waals surface area contributed by atoms with Crippen molar-refractivity contribution < 1.29 is 13.6 Å². The Kier molecular flexibility index (Phi) is 8.17. The number of hydrogen-bond donors (Lipinski definition) is 1. The zero-order chi connectivity index (χ0) is 34.8. The second-order valence-electron chi connectivity index (χ2n) is 12.1. The van der Waals surface area contributed by atoms with Crippen molar-refractivity contribution in [2.45, 2.75) is 5.54 Å². The zero-order valence-corrected chi connectivity index (χ0v) is 27.1. The summed E-state index contributed by atoms with van der Waals surface area (Å²) in [6.07, 6.45) is 5.34. The molecule has 0 saturated carbocycles. The molecule has 1 amide bonds. The van der Waals surface area contributed by atoms with Crippen LogP contribution in [0.25, 0.3) is 33.3 Å². The monoisotopic (exact) mass is 669 g/mol. The number of aromatic nitrogens is 4. The molecule has 0 aliphatic carbocycles. The Balaban J connectivity index is 1.20. The first-order valence-corrected chi connectivity index (χ1v) is 16.3. The number of hydrogen-bond acceptors (Lipinski definition) is 4. The summed E-state index contributed by atoms with van der Waals surface area (Å²) in [6.45, 7) is 0. The lowest BCUT2D eigenvalue weighted by atomic mass is 9.77. The fraction of sp³-hybridized carbons (Fsp3) is 0.0233. The van der Waals surface area contributed by atoms with Crippen molar-refractivity contribution in [3.63, 3.8) is 0 Å². The number of fused-ring (bicyclic) bond motifs is 1. The number of carbonyl (C=O) groups excluding carboxylic acids is 1. The van der Waals surface area contributed by atoms with Gasteiger partial charge in [-0.3, -0.25) is 9.48 Å². The van der Waals surface area contributed by atoms with Crippen molar-refractivity contribution in [1.29, 1.82) is 0 Å². The van der Waals surface area contributed by atoms with Crippen LogP contribution in [-0.4, -0.2) is 25.7 Å². The van der Waals surface area contributed by atoms with E-state index in [1.165, 1.54) is 42.7 Å². The standard InChI is InChI=1S/C43H29F2N5O/c44-35-18-20-36(21-19-35)49-42(51)37-22-16-30(25-39(37)45)41-38-24-29(17-23-40(38)46-28-47-41)31-26-48-50(27-31)43(32-10-4-1-5-11-32,33-12-6-2-7-13-33)34-14-8-3-9-15-34/h1-28H,(H,49,51). The Labute approximate surface area is 292 Å². The third-order valence-corrected chi connectivity index (χ3v) is 9.06. The minimum Gasteiger partial charge on any atom is -0.322 e. The zero-order valence-electron chi connectivity index (χ0n) is 27.1. The lowest BCUT2D eigenvalue weighted by Crippen LogP contribution is -2.38. The quantitative estimate of drug-likeness (QED) is 0.164. The molecule has 0 aliphatic heterocycles. The molecule has 246 valence electrons. The molecule has 0 radical (unpaired) electrons. The Bertz CT molecular complexity index is 2390. The molecule has 0 aliphatic rings. The summed E-state index contributed by atoms with van der Waals surface area (Å²) in [5.74, 6) is -1.79. The van der Waals surface area contributed by atoms with Crippen LogP contribution in [0.15, 0.2) is 170 Å². The van der Waals surface area contributed by atoms with Gasteiger partial charge in [0.05, 0.1) is 23.0 Å². The van der Waals surface area contributed by atoms with E-state index in [0.29, 0.717) is 27.8 Å². The summed E-state index contributed by atoms with van der Waals surface area (Å²) in [5, 5.41) is 8.33. The highest BCUT2D eigenvalue weighted by atomic mass is 19.1. The van der Waals surface area contributed by atoms with Gasteiger partial charge in [0.2, 0.25) is 0 Å². The number of carbonyl (C=O) groups is 1. The highest BCUT2D eigenvalue weighted by Gasteiger charge is 2.39. The third-order valence-electron chi connectivity index (χ3n) is 9.06. The molecular formula is C43H29F2N5O. The van der Waals surface area contributed by atoms with Crippen LogP contribution in [0.5, 0.6) is 0 Å². The van der Waals surface area contributed by atoms with E-state index in [1.807, 2.05) is 89.9 Å². The van der Waals surface area contributed by atoms with Gasteiger partial charge in [0.1, 0.15) is 23.5 Å². The van der Waals surface area contributed by atoms with Crippen LogP contribution in [0.2, 0.25) is 0 Å². The molecule has 2 aromatic heterocycles. The summed E-state index contributed by atoms with van der Waals surface area (Å²) < 4.78 is 30.8.